The number of nitrogens with one attached hydrogen (secondary N) is 1. The van der Waals surface area contributed by atoms with Gasteiger partial charge in [-0.05, 0) is 55.5 Å². The van der Waals surface area contributed by atoms with Gasteiger partial charge in [-0.1, -0.05) is 48.5 Å². The van der Waals surface area contributed by atoms with Crippen molar-refractivity contribution in [2.24, 2.45) is 0 Å². The molecule has 0 spiro atoms. The Morgan fingerprint density at radius 3 is 2.12 bits per heavy atom. The van der Waals surface area contributed by atoms with Gasteiger partial charge in [-0.2, -0.15) is 0 Å². The van der Waals surface area contributed by atoms with Crippen LogP contribution in [0.25, 0.3) is 11.1 Å². The van der Waals surface area contributed by atoms with Gasteiger partial charge in [0, 0.05) is 19.6 Å². The maximum absolute atomic E-state index is 13.1. The molecule has 0 unspecified atom stereocenters. The van der Waals surface area contributed by atoms with Crippen LogP contribution >= 0.6 is 0 Å². The van der Waals surface area contributed by atoms with Crippen LogP contribution in [0, 0.1) is 0 Å². The Hall–Kier alpha value is -2.19. The molecule has 0 bridgehead atoms. The van der Waals surface area contributed by atoms with Gasteiger partial charge >= 0.3 is 0 Å². The van der Waals surface area contributed by atoms with Gasteiger partial charge in [0.2, 0.25) is 0 Å². The number of benzene rings is 2. The number of rotatable bonds is 11. The van der Waals surface area contributed by atoms with Crippen LogP contribution in [0.3, 0.4) is 0 Å². The minimum Gasteiger partial charge on any atom is -0.382 e. The minimum absolute atomic E-state index is 0.361. The highest BCUT2D eigenvalue weighted by Crippen LogP contribution is 2.22. The van der Waals surface area contributed by atoms with Crippen LogP contribution in [-0.4, -0.2) is 66.7 Å². The van der Waals surface area contributed by atoms with Crippen LogP contribution in [0.15, 0.2) is 48.5 Å². The Labute approximate surface area is 194 Å². The smallest absolute Gasteiger partial charge is 0.268 e. The van der Waals surface area contributed by atoms with Crippen molar-refractivity contribution < 1.29 is 23.4 Å². The fourth-order valence-electron chi connectivity index (χ4n) is 4.11. The molecule has 0 amide bonds. The van der Waals surface area contributed by atoms with Gasteiger partial charge in [-0.25, -0.2) is 8.78 Å². The number of nitrogens with zero attached hydrogens (tertiary/aromatic N) is 1. The molecule has 0 aromatic heterocycles. The number of ketones is 1. The second-order valence-corrected chi connectivity index (χ2v) is 8.91. The van der Waals surface area contributed by atoms with Crippen molar-refractivity contribution in [3.05, 3.63) is 59.7 Å². The predicted molar refractivity (Wildman–Crippen MR) is 125 cm³/mol. The first-order valence-corrected chi connectivity index (χ1v) is 11.5. The first kappa shape index (κ1) is 25.4. The molecule has 2 aromatic carbocycles. The first-order valence-electron chi connectivity index (χ1n) is 11.5. The number of Topliss-reactive ketones (excluding diaryl/α,β-unsaturated/α-hetero) is 1. The summed E-state index contributed by atoms with van der Waals surface area (Å²) >= 11 is 0. The molecule has 2 N–H and O–H groups in total. The summed E-state index contributed by atoms with van der Waals surface area (Å²) < 4.78 is 31.5. The zero-order valence-electron chi connectivity index (χ0n) is 19.4. The fourth-order valence-corrected chi connectivity index (χ4v) is 4.11. The highest BCUT2D eigenvalue weighted by Gasteiger charge is 2.43. The number of morpholine rings is 1. The number of alkyl halides is 2. The molecule has 1 fully saturated rings. The van der Waals surface area contributed by atoms with Crippen molar-refractivity contribution in [3.63, 3.8) is 0 Å². The van der Waals surface area contributed by atoms with E-state index in [1.807, 2.05) is 0 Å². The lowest BCUT2D eigenvalue weighted by atomic mass is 9.93. The summed E-state index contributed by atoms with van der Waals surface area (Å²) in [6, 6.07) is 15.6. The SMILES string of the molecule is CC(=O)[C@@H](NCCCc1ccc(-c2ccc(CN3CCOCC3)cc2)cc1)[C@](C)(O)C(F)F. The molecule has 7 heteroatoms. The Bertz CT molecular complexity index is 879. The number of aliphatic hydroxyl groups is 1. The van der Waals surface area contributed by atoms with E-state index in [9.17, 15) is 18.7 Å². The predicted octanol–water partition coefficient (Wildman–Crippen LogP) is 3.68. The Morgan fingerprint density at radius 1 is 1.06 bits per heavy atom. The molecule has 3 rings (SSSR count). The van der Waals surface area contributed by atoms with Gasteiger partial charge in [0.05, 0.1) is 13.2 Å². The normalized spacial score (nSPS) is 17.6. The highest BCUT2D eigenvalue weighted by molar-refractivity contribution is 5.82. The summed E-state index contributed by atoms with van der Waals surface area (Å²) in [7, 11) is 0. The van der Waals surface area contributed by atoms with Crippen molar-refractivity contribution >= 4 is 5.78 Å². The third kappa shape index (κ3) is 7.14. The van der Waals surface area contributed by atoms with E-state index in [2.05, 4.69) is 58.7 Å². The molecule has 1 saturated heterocycles. The molecule has 0 aliphatic carbocycles. The van der Waals surface area contributed by atoms with E-state index in [0.29, 0.717) is 13.0 Å². The Kier molecular flexibility index (Phi) is 9.09. The zero-order chi connectivity index (χ0) is 23.8. The number of halogens is 2. The minimum atomic E-state index is -3.00. The van der Waals surface area contributed by atoms with Crippen LogP contribution in [-0.2, 0) is 22.5 Å². The van der Waals surface area contributed by atoms with Crippen LogP contribution in [0.5, 0.6) is 0 Å². The van der Waals surface area contributed by atoms with Crippen molar-refractivity contribution in [2.75, 3.05) is 32.8 Å². The van der Waals surface area contributed by atoms with Gasteiger partial charge in [0.1, 0.15) is 17.4 Å². The lowest BCUT2D eigenvalue weighted by molar-refractivity contribution is -0.139. The van der Waals surface area contributed by atoms with E-state index in [0.717, 1.165) is 62.9 Å². The molecular formula is C26H34F2N2O3. The summed E-state index contributed by atoms with van der Waals surface area (Å²) in [5.41, 5.74) is 2.33. The number of hydrogen-bond acceptors (Lipinski definition) is 5. The lowest BCUT2D eigenvalue weighted by Gasteiger charge is -2.31. The van der Waals surface area contributed by atoms with Crippen LogP contribution in [0.4, 0.5) is 8.78 Å². The van der Waals surface area contributed by atoms with Crippen molar-refractivity contribution in [2.45, 2.75) is 51.3 Å². The van der Waals surface area contributed by atoms with Gasteiger partial charge in [0.15, 0.2) is 0 Å². The standard InChI is InChI=1S/C26H34F2N2O3/c1-19(31)24(26(2,32)25(27)28)29-13-3-4-20-5-9-22(10-6-20)23-11-7-21(8-12-23)18-30-14-16-33-17-15-30/h5-12,24-25,29,32H,3-4,13-18H2,1-2H3/t24-,26+/m1/s1. The molecule has 2 aromatic rings. The largest absolute Gasteiger partial charge is 0.382 e. The van der Waals surface area contributed by atoms with E-state index in [4.69, 9.17) is 4.74 Å². The fraction of sp³-hybridized carbons (Fsp3) is 0.500. The van der Waals surface area contributed by atoms with Gasteiger partial charge in [0.25, 0.3) is 6.43 Å². The molecule has 1 aliphatic heterocycles. The zero-order valence-corrected chi connectivity index (χ0v) is 19.4. The van der Waals surface area contributed by atoms with Crippen LogP contribution in [0.2, 0.25) is 0 Å². The maximum Gasteiger partial charge on any atom is 0.268 e. The molecule has 0 saturated carbocycles. The second-order valence-electron chi connectivity index (χ2n) is 8.91. The summed E-state index contributed by atoms with van der Waals surface area (Å²) in [5, 5.41) is 12.7. The summed E-state index contributed by atoms with van der Waals surface area (Å²) in [6.07, 6.45) is -1.59. The molecule has 5 nitrogen and oxygen atoms in total. The molecule has 2 atom stereocenters. The van der Waals surface area contributed by atoms with E-state index in [1.165, 1.54) is 12.5 Å². The molecule has 180 valence electrons. The molecule has 33 heavy (non-hydrogen) atoms. The van der Waals surface area contributed by atoms with Crippen LogP contribution in [0.1, 0.15) is 31.4 Å². The van der Waals surface area contributed by atoms with Crippen molar-refractivity contribution in [1.82, 2.24) is 10.2 Å². The molecule has 1 heterocycles. The van der Waals surface area contributed by atoms with E-state index in [-0.39, 0.29) is 0 Å². The molecule has 0 radical (unpaired) electrons. The number of carbonyl (C=O) groups is 1. The summed E-state index contributed by atoms with van der Waals surface area (Å²) in [5.74, 6) is -0.499. The average Bonchev–Trinajstić information content (AvgIpc) is 2.80. The molecular weight excluding hydrogens is 426 g/mol. The number of aryl methyl sites for hydroxylation is 1. The van der Waals surface area contributed by atoms with E-state index < -0.39 is 23.9 Å². The monoisotopic (exact) mass is 460 g/mol. The van der Waals surface area contributed by atoms with Crippen LogP contribution < -0.4 is 5.32 Å². The van der Waals surface area contributed by atoms with Crippen molar-refractivity contribution in [3.8, 4) is 11.1 Å². The van der Waals surface area contributed by atoms with E-state index in [1.54, 1.807) is 0 Å². The summed E-state index contributed by atoms with van der Waals surface area (Å²) in [4.78, 5) is 14.1. The van der Waals surface area contributed by atoms with E-state index >= 15 is 0 Å². The second kappa shape index (κ2) is 11.8. The highest BCUT2D eigenvalue weighted by atomic mass is 19.3. The molecule has 1 aliphatic rings. The number of ether oxygens (including phenoxy) is 1. The lowest BCUT2D eigenvalue weighted by Crippen LogP contribution is -2.57. The van der Waals surface area contributed by atoms with Gasteiger partial charge in [-0.3, -0.25) is 9.69 Å². The Morgan fingerprint density at radius 2 is 1.61 bits per heavy atom. The number of carbonyl (C=O) groups excluding carboxylic acids is 1. The Balaban J connectivity index is 1.48. The summed E-state index contributed by atoms with van der Waals surface area (Å²) in [6.45, 7) is 7.04. The topological polar surface area (TPSA) is 61.8 Å². The number of hydrogen-bond donors (Lipinski definition) is 2. The van der Waals surface area contributed by atoms with Crippen molar-refractivity contribution in [1.29, 1.82) is 0 Å². The first-order chi connectivity index (χ1) is 15.8. The maximum atomic E-state index is 13.1. The van der Waals surface area contributed by atoms with Gasteiger partial charge < -0.3 is 15.2 Å². The third-order valence-corrected chi connectivity index (χ3v) is 6.17. The average molecular weight is 461 g/mol. The quantitative estimate of drug-likeness (QED) is 0.501. The van der Waals surface area contributed by atoms with Gasteiger partial charge in [-0.15, -0.1) is 0 Å². The third-order valence-electron chi connectivity index (χ3n) is 6.17.